The number of unbranched alkanes of at least 4 members (excludes halogenated alkanes) is 2. The van der Waals surface area contributed by atoms with E-state index in [1.54, 1.807) is 0 Å². The normalized spacial score (nSPS) is 13.9. The summed E-state index contributed by atoms with van der Waals surface area (Å²) in [5, 5.41) is 0. The van der Waals surface area contributed by atoms with Crippen LogP contribution in [0.3, 0.4) is 0 Å². The van der Waals surface area contributed by atoms with E-state index in [1.807, 2.05) is 0 Å². The van der Waals surface area contributed by atoms with Crippen LogP contribution in [0, 0.1) is 5.92 Å². The van der Waals surface area contributed by atoms with E-state index in [0.717, 1.165) is 10.7 Å². The summed E-state index contributed by atoms with van der Waals surface area (Å²) in [6, 6.07) is 0. The van der Waals surface area contributed by atoms with Gasteiger partial charge in [-0.25, -0.2) is 0 Å². The second-order valence-electron chi connectivity index (χ2n) is 3.72. The van der Waals surface area contributed by atoms with E-state index in [0.29, 0.717) is 0 Å². The van der Waals surface area contributed by atoms with Gasteiger partial charge < -0.3 is 0 Å². The molecule has 1 unspecified atom stereocenters. The summed E-state index contributed by atoms with van der Waals surface area (Å²) < 4.78 is 0. The van der Waals surface area contributed by atoms with Gasteiger partial charge in [0.15, 0.2) is 0 Å². The van der Waals surface area contributed by atoms with E-state index in [4.69, 9.17) is 0 Å². The molecule has 1 heteroatoms. The molecule has 0 saturated heterocycles. The third kappa shape index (κ3) is 8.39. The summed E-state index contributed by atoms with van der Waals surface area (Å²) in [4.78, 5) is 0.758. The first-order valence-corrected chi connectivity index (χ1v) is 5.72. The average molecular weight is 221 g/mol. The SMILES string of the molecule is CCCCCC(Br)CC(C)C. The predicted octanol–water partition coefficient (Wildman–Crippen LogP) is 4.38. The molecule has 0 rings (SSSR count). The van der Waals surface area contributed by atoms with E-state index < -0.39 is 0 Å². The summed E-state index contributed by atoms with van der Waals surface area (Å²) in [5.41, 5.74) is 0. The van der Waals surface area contributed by atoms with Crippen molar-refractivity contribution in [2.24, 2.45) is 5.92 Å². The largest absolute Gasteiger partial charge is 0.0891 e. The Hall–Kier alpha value is 0.480. The minimum absolute atomic E-state index is 0.758. The molecule has 11 heavy (non-hydrogen) atoms. The third-order valence-corrected chi connectivity index (χ3v) is 2.68. The van der Waals surface area contributed by atoms with Crippen LogP contribution in [0.5, 0.6) is 0 Å². The summed E-state index contributed by atoms with van der Waals surface area (Å²) in [5.74, 6) is 0.834. The van der Waals surface area contributed by atoms with Crippen LogP contribution >= 0.6 is 15.9 Å². The van der Waals surface area contributed by atoms with Gasteiger partial charge in [-0.2, -0.15) is 0 Å². The number of halogens is 1. The van der Waals surface area contributed by atoms with Gasteiger partial charge in [0.25, 0.3) is 0 Å². The van der Waals surface area contributed by atoms with Gasteiger partial charge >= 0.3 is 0 Å². The number of rotatable bonds is 6. The number of hydrogen-bond acceptors (Lipinski definition) is 0. The second kappa shape index (κ2) is 7.15. The zero-order valence-electron chi connectivity index (χ0n) is 8.07. The Balaban J connectivity index is 3.15. The van der Waals surface area contributed by atoms with Crippen molar-refractivity contribution in [3.8, 4) is 0 Å². The van der Waals surface area contributed by atoms with Crippen molar-refractivity contribution in [1.82, 2.24) is 0 Å². The molecule has 0 aromatic heterocycles. The predicted molar refractivity (Wildman–Crippen MR) is 56.3 cm³/mol. The summed E-state index contributed by atoms with van der Waals surface area (Å²) in [6.07, 6.45) is 6.79. The molecule has 0 amide bonds. The monoisotopic (exact) mass is 220 g/mol. The number of hydrogen-bond donors (Lipinski definition) is 0. The van der Waals surface area contributed by atoms with Crippen LogP contribution in [0.2, 0.25) is 0 Å². The molecule has 0 aromatic rings. The zero-order valence-corrected chi connectivity index (χ0v) is 9.65. The summed E-state index contributed by atoms with van der Waals surface area (Å²) in [7, 11) is 0. The van der Waals surface area contributed by atoms with Crippen molar-refractivity contribution in [2.45, 2.75) is 57.7 Å². The Labute approximate surface area is 79.9 Å². The first-order chi connectivity index (χ1) is 5.16. The summed E-state index contributed by atoms with van der Waals surface area (Å²) >= 11 is 3.71. The van der Waals surface area contributed by atoms with Crippen LogP contribution in [0.15, 0.2) is 0 Å². The molecule has 68 valence electrons. The lowest BCUT2D eigenvalue weighted by Gasteiger charge is -2.11. The van der Waals surface area contributed by atoms with Gasteiger partial charge in [-0.3, -0.25) is 0 Å². The topological polar surface area (TPSA) is 0 Å². The Morgan fingerprint density at radius 2 is 1.82 bits per heavy atom. The van der Waals surface area contributed by atoms with Crippen molar-refractivity contribution in [1.29, 1.82) is 0 Å². The Morgan fingerprint density at radius 1 is 1.18 bits per heavy atom. The van der Waals surface area contributed by atoms with Crippen molar-refractivity contribution in [3.05, 3.63) is 0 Å². The minimum atomic E-state index is 0.758. The highest BCUT2D eigenvalue weighted by Crippen LogP contribution is 2.18. The van der Waals surface area contributed by atoms with E-state index in [2.05, 4.69) is 36.7 Å². The lowest BCUT2D eigenvalue weighted by molar-refractivity contribution is 0.535. The quantitative estimate of drug-likeness (QED) is 0.461. The van der Waals surface area contributed by atoms with Gasteiger partial charge in [-0.15, -0.1) is 0 Å². The molecule has 0 radical (unpaired) electrons. The van der Waals surface area contributed by atoms with Crippen molar-refractivity contribution in [2.75, 3.05) is 0 Å². The molecular formula is C10H21Br. The van der Waals surface area contributed by atoms with E-state index >= 15 is 0 Å². The van der Waals surface area contributed by atoms with Crippen LogP contribution in [-0.4, -0.2) is 4.83 Å². The average Bonchev–Trinajstić information content (AvgIpc) is 1.86. The van der Waals surface area contributed by atoms with Crippen molar-refractivity contribution < 1.29 is 0 Å². The molecule has 0 heterocycles. The van der Waals surface area contributed by atoms with Gasteiger partial charge in [0, 0.05) is 4.83 Å². The molecule has 0 fully saturated rings. The molecule has 0 bridgehead atoms. The van der Waals surface area contributed by atoms with Crippen LogP contribution in [0.4, 0.5) is 0 Å². The van der Waals surface area contributed by atoms with E-state index in [1.165, 1.54) is 32.1 Å². The van der Waals surface area contributed by atoms with Crippen LogP contribution in [-0.2, 0) is 0 Å². The highest BCUT2D eigenvalue weighted by molar-refractivity contribution is 9.09. The standard InChI is InChI=1S/C10H21Br/c1-4-5-6-7-10(11)8-9(2)3/h9-10H,4-8H2,1-3H3. The Kier molecular flexibility index (Phi) is 7.46. The fourth-order valence-electron chi connectivity index (χ4n) is 1.25. The first-order valence-electron chi connectivity index (χ1n) is 4.80. The van der Waals surface area contributed by atoms with Gasteiger partial charge in [0.2, 0.25) is 0 Å². The van der Waals surface area contributed by atoms with Gasteiger partial charge in [0.1, 0.15) is 0 Å². The first kappa shape index (κ1) is 11.5. The molecule has 0 N–H and O–H groups in total. The van der Waals surface area contributed by atoms with Crippen LogP contribution in [0.1, 0.15) is 52.9 Å². The van der Waals surface area contributed by atoms with Crippen LogP contribution < -0.4 is 0 Å². The van der Waals surface area contributed by atoms with Crippen LogP contribution in [0.25, 0.3) is 0 Å². The van der Waals surface area contributed by atoms with Gasteiger partial charge in [-0.05, 0) is 18.8 Å². The fraction of sp³-hybridized carbons (Fsp3) is 1.00. The van der Waals surface area contributed by atoms with E-state index in [9.17, 15) is 0 Å². The van der Waals surface area contributed by atoms with Crippen molar-refractivity contribution >= 4 is 15.9 Å². The lowest BCUT2D eigenvalue weighted by Crippen LogP contribution is -2.02. The summed E-state index contributed by atoms with van der Waals surface area (Å²) in [6.45, 7) is 6.83. The fourth-order valence-corrected chi connectivity index (χ4v) is 2.32. The van der Waals surface area contributed by atoms with Gasteiger partial charge in [0.05, 0.1) is 0 Å². The second-order valence-corrected chi connectivity index (χ2v) is 5.02. The van der Waals surface area contributed by atoms with Gasteiger partial charge in [-0.1, -0.05) is 56.0 Å². The number of alkyl halides is 1. The molecule has 0 nitrogen and oxygen atoms in total. The zero-order chi connectivity index (χ0) is 8.69. The molecular weight excluding hydrogens is 200 g/mol. The lowest BCUT2D eigenvalue weighted by atomic mass is 10.0. The molecule has 1 atom stereocenters. The van der Waals surface area contributed by atoms with Crippen molar-refractivity contribution in [3.63, 3.8) is 0 Å². The smallest absolute Gasteiger partial charge is 0.0148 e. The maximum Gasteiger partial charge on any atom is 0.0148 e. The maximum absolute atomic E-state index is 3.71. The Bertz CT molecular complexity index is 78.9. The molecule has 0 aliphatic carbocycles. The third-order valence-electron chi connectivity index (χ3n) is 1.85. The molecule has 0 spiro atoms. The highest BCUT2D eigenvalue weighted by atomic mass is 79.9. The minimum Gasteiger partial charge on any atom is -0.0891 e. The molecule has 0 aromatic carbocycles. The highest BCUT2D eigenvalue weighted by Gasteiger charge is 2.05. The Morgan fingerprint density at radius 3 is 2.27 bits per heavy atom. The van der Waals surface area contributed by atoms with E-state index in [-0.39, 0.29) is 0 Å². The molecule has 0 saturated carbocycles. The maximum atomic E-state index is 3.71. The molecule has 0 aliphatic heterocycles. The molecule has 0 aliphatic rings.